The van der Waals surface area contributed by atoms with E-state index in [1.807, 2.05) is 31.2 Å². The molecule has 0 fully saturated rings. The fourth-order valence-corrected chi connectivity index (χ4v) is 1.57. The van der Waals surface area contributed by atoms with Gasteiger partial charge in [-0.2, -0.15) is 0 Å². The van der Waals surface area contributed by atoms with Crippen molar-refractivity contribution >= 4 is 23.8 Å². The second-order valence-corrected chi connectivity index (χ2v) is 4.22. The van der Waals surface area contributed by atoms with Gasteiger partial charge in [-0.05, 0) is 24.6 Å². The lowest BCUT2D eigenvalue weighted by Gasteiger charge is -1.99. The third-order valence-electron chi connectivity index (χ3n) is 2.39. The van der Waals surface area contributed by atoms with Crippen molar-refractivity contribution in [2.45, 2.75) is 6.92 Å². The summed E-state index contributed by atoms with van der Waals surface area (Å²) in [5.74, 6) is -0.638. The topological polar surface area (TPSA) is 51.5 Å². The molecule has 1 aromatic carbocycles. The lowest BCUT2D eigenvalue weighted by molar-refractivity contribution is 0.0519. The van der Waals surface area contributed by atoms with Gasteiger partial charge in [-0.15, -0.1) is 0 Å². The molecule has 0 aliphatic rings. The monoisotopic (exact) mass is 274 g/mol. The molecule has 0 atom stereocenters. The van der Waals surface area contributed by atoms with E-state index in [9.17, 15) is 4.79 Å². The Kier molecular flexibility index (Phi) is 4.26. The molecule has 0 aliphatic carbocycles. The molecular weight excluding hydrogens is 264 g/mol. The van der Waals surface area contributed by atoms with Crippen LogP contribution in [0.5, 0.6) is 0 Å². The molecule has 0 saturated carbocycles. The minimum atomic E-state index is -0.638. The van der Waals surface area contributed by atoms with E-state index in [1.165, 1.54) is 18.5 Å². The first-order valence-electron chi connectivity index (χ1n) is 5.59. The lowest BCUT2D eigenvalue weighted by atomic mass is 10.2. The van der Waals surface area contributed by atoms with Gasteiger partial charge in [0.1, 0.15) is 5.15 Å². The highest BCUT2D eigenvalue weighted by Gasteiger charge is 2.11. The molecule has 0 spiro atoms. The Morgan fingerprint density at radius 2 is 2.05 bits per heavy atom. The molecule has 2 aromatic rings. The zero-order valence-electron chi connectivity index (χ0n) is 10.2. The van der Waals surface area contributed by atoms with Gasteiger partial charge in [-0.1, -0.05) is 46.6 Å². The van der Waals surface area contributed by atoms with Crippen LogP contribution in [0.15, 0.2) is 47.8 Å². The van der Waals surface area contributed by atoms with Crippen LogP contribution in [0.3, 0.4) is 0 Å². The summed E-state index contributed by atoms with van der Waals surface area (Å²) in [4.78, 5) is 20.2. The molecule has 5 heteroatoms. The van der Waals surface area contributed by atoms with Crippen LogP contribution in [-0.4, -0.2) is 17.2 Å². The third kappa shape index (κ3) is 3.63. The summed E-state index contributed by atoms with van der Waals surface area (Å²) in [6.45, 7) is 1.99. The van der Waals surface area contributed by atoms with Crippen molar-refractivity contribution in [3.63, 3.8) is 0 Å². The van der Waals surface area contributed by atoms with E-state index in [0.29, 0.717) is 0 Å². The van der Waals surface area contributed by atoms with E-state index in [-0.39, 0.29) is 10.7 Å². The first-order chi connectivity index (χ1) is 9.16. The molecular formula is C14H11ClN2O2. The van der Waals surface area contributed by atoms with Gasteiger partial charge in [0.25, 0.3) is 0 Å². The largest absolute Gasteiger partial charge is 0.368 e. The zero-order chi connectivity index (χ0) is 13.7. The molecule has 0 unspecified atom stereocenters. The standard InChI is InChI=1S/C14H11ClN2O2/c1-10-4-6-11(7-5-10)9-17-19-14(18)12-3-2-8-16-13(12)15/h2-9H,1H3/b17-9+. The first kappa shape index (κ1) is 13.2. The second kappa shape index (κ2) is 6.11. The maximum absolute atomic E-state index is 11.6. The molecule has 0 saturated heterocycles. The number of carbonyl (C=O) groups excluding carboxylic acids is 1. The lowest BCUT2D eigenvalue weighted by Crippen LogP contribution is -2.02. The number of nitrogens with zero attached hydrogens (tertiary/aromatic N) is 2. The Balaban J connectivity index is 2.01. The van der Waals surface area contributed by atoms with Crippen molar-refractivity contribution < 1.29 is 9.63 Å². The summed E-state index contributed by atoms with van der Waals surface area (Å²) in [7, 11) is 0. The molecule has 0 aliphatic heterocycles. The van der Waals surface area contributed by atoms with Crippen molar-refractivity contribution in [2.24, 2.45) is 5.16 Å². The van der Waals surface area contributed by atoms with E-state index in [0.717, 1.165) is 11.1 Å². The number of halogens is 1. The maximum Gasteiger partial charge on any atom is 0.368 e. The van der Waals surface area contributed by atoms with Gasteiger partial charge >= 0.3 is 5.97 Å². The fraction of sp³-hybridized carbons (Fsp3) is 0.0714. The summed E-state index contributed by atoms with van der Waals surface area (Å²) in [6.07, 6.45) is 2.95. The van der Waals surface area contributed by atoms with Crippen molar-refractivity contribution in [1.29, 1.82) is 0 Å². The fourth-order valence-electron chi connectivity index (χ4n) is 1.38. The summed E-state index contributed by atoms with van der Waals surface area (Å²) < 4.78 is 0. The number of carbonyl (C=O) groups is 1. The quantitative estimate of drug-likeness (QED) is 0.374. The van der Waals surface area contributed by atoms with Crippen LogP contribution in [0.2, 0.25) is 5.15 Å². The van der Waals surface area contributed by atoms with Gasteiger partial charge in [0.15, 0.2) is 0 Å². The predicted octanol–water partition coefficient (Wildman–Crippen LogP) is 3.23. The van der Waals surface area contributed by atoms with Crippen LogP contribution >= 0.6 is 11.6 Å². The van der Waals surface area contributed by atoms with Crippen LogP contribution in [0.4, 0.5) is 0 Å². The molecule has 0 bridgehead atoms. The Morgan fingerprint density at radius 1 is 1.32 bits per heavy atom. The molecule has 96 valence electrons. The number of aryl methyl sites for hydroxylation is 1. The van der Waals surface area contributed by atoms with Gasteiger partial charge in [0.05, 0.1) is 11.8 Å². The smallest absolute Gasteiger partial charge is 0.313 e. The number of aromatic nitrogens is 1. The highest BCUT2D eigenvalue weighted by Crippen LogP contribution is 2.12. The second-order valence-electron chi connectivity index (χ2n) is 3.87. The van der Waals surface area contributed by atoms with E-state index >= 15 is 0 Å². The van der Waals surface area contributed by atoms with Gasteiger partial charge in [0.2, 0.25) is 0 Å². The minimum Gasteiger partial charge on any atom is -0.313 e. The molecule has 0 amide bonds. The highest BCUT2D eigenvalue weighted by atomic mass is 35.5. The van der Waals surface area contributed by atoms with Crippen LogP contribution in [-0.2, 0) is 4.84 Å². The summed E-state index contributed by atoms with van der Waals surface area (Å²) in [5.41, 5.74) is 2.18. The van der Waals surface area contributed by atoms with Gasteiger partial charge < -0.3 is 4.84 Å². The number of hydrogen-bond donors (Lipinski definition) is 0. The molecule has 19 heavy (non-hydrogen) atoms. The van der Waals surface area contributed by atoms with Crippen LogP contribution in [0.25, 0.3) is 0 Å². The van der Waals surface area contributed by atoms with E-state index in [4.69, 9.17) is 16.4 Å². The third-order valence-corrected chi connectivity index (χ3v) is 2.69. The molecule has 2 rings (SSSR count). The van der Waals surface area contributed by atoms with Crippen LogP contribution < -0.4 is 0 Å². The summed E-state index contributed by atoms with van der Waals surface area (Å²) in [6, 6.07) is 10.8. The molecule has 0 radical (unpaired) electrons. The zero-order valence-corrected chi connectivity index (χ0v) is 11.0. The molecule has 0 N–H and O–H groups in total. The van der Waals surface area contributed by atoms with Crippen molar-refractivity contribution in [3.8, 4) is 0 Å². The van der Waals surface area contributed by atoms with E-state index in [1.54, 1.807) is 6.07 Å². The van der Waals surface area contributed by atoms with Gasteiger partial charge in [-0.25, -0.2) is 9.78 Å². The molecule has 4 nitrogen and oxygen atoms in total. The van der Waals surface area contributed by atoms with Gasteiger partial charge in [0, 0.05) is 6.20 Å². The summed E-state index contributed by atoms with van der Waals surface area (Å²) >= 11 is 5.77. The number of oxime groups is 1. The van der Waals surface area contributed by atoms with Crippen LogP contribution in [0.1, 0.15) is 21.5 Å². The Hall–Kier alpha value is -2.20. The normalized spacial score (nSPS) is 10.6. The van der Waals surface area contributed by atoms with Gasteiger partial charge in [-0.3, -0.25) is 0 Å². The number of pyridine rings is 1. The Morgan fingerprint density at radius 3 is 2.74 bits per heavy atom. The van der Waals surface area contributed by atoms with Crippen molar-refractivity contribution in [1.82, 2.24) is 4.98 Å². The predicted molar refractivity (Wildman–Crippen MR) is 73.4 cm³/mol. The first-order valence-corrected chi connectivity index (χ1v) is 5.96. The number of hydrogen-bond acceptors (Lipinski definition) is 4. The van der Waals surface area contributed by atoms with E-state index < -0.39 is 5.97 Å². The Bertz CT molecular complexity index is 609. The minimum absolute atomic E-state index is 0.0954. The SMILES string of the molecule is Cc1ccc(/C=N/OC(=O)c2cccnc2Cl)cc1. The average Bonchev–Trinajstić information content (AvgIpc) is 2.41. The molecule has 1 heterocycles. The van der Waals surface area contributed by atoms with Crippen LogP contribution in [0, 0.1) is 6.92 Å². The Labute approximate surface area is 115 Å². The van der Waals surface area contributed by atoms with E-state index in [2.05, 4.69) is 10.1 Å². The number of benzene rings is 1. The van der Waals surface area contributed by atoms with Crippen molar-refractivity contribution in [2.75, 3.05) is 0 Å². The van der Waals surface area contributed by atoms with Crippen molar-refractivity contribution in [3.05, 3.63) is 64.4 Å². The maximum atomic E-state index is 11.6. The number of rotatable bonds is 3. The highest BCUT2D eigenvalue weighted by molar-refractivity contribution is 6.32. The molecule has 1 aromatic heterocycles. The summed E-state index contributed by atoms with van der Waals surface area (Å²) in [5, 5.41) is 3.72. The average molecular weight is 275 g/mol.